The summed E-state index contributed by atoms with van der Waals surface area (Å²) in [6.45, 7) is 2.63. The summed E-state index contributed by atoms with van der Waals surface area (Å²) in [5, 5.41) is 7.62. The van der Waals surface area contributed by atoms with Crippen molar-refractivity contribution >= 4 is 5.91 Å². The van der Waals surface area contributed by atoms with Gasteiger partial charge in [0.25, 0.3) is 0 Å². The number of hydrogen-bond acceptors (Lipinski definition) is 4. The quantitative estimate of drug-likeness (QED) is 0.547. The summed E-state index contributed by atoms with van der Waals surface area (Å²) in [5.74, 6) is 1.93. The lowest BCUT2D eigenvalue weighted by Gasteiger charge is -2.14. The average molecular weight is 423 g/mol. The Balaban J connectivity index is 1.64. The molecule has 6 nitrogen and oxygen atoms in total. The van der Waals surface area contributed by atoms with Gasteiger partial charge in [-0.25, -0.2) is 9.07 Å². The number of para-hydroxylation sites is 2. The third-order valence-electron chi connectivity index (χ3n) is 5.37. The molecule has 4 rings (SSSR count). The number of methoxy groups -OCH3 is 1. The number of carbonyl (C=O) groups excluding carboxylic acids is 1. The molecule has 0 atom stereocenters. The molecule has 0 aliphatic heterocycles. The SMILES string of the molecule is COc1ccccc1Oc1c(CCC(=O)NCC2CC2)c(C)nn1-c1ccc(F)cc1. The van der Waals surface area contributed by atoms with Crippen molar-refractivity contribution in [1.29, 1.82) is 0 Å². The third-order valence-corrected chi connectivity index (χ3v) is 5.37. The van der Waals surface area contributed by atoms with Crippen molar-refractivity contribution < 1.29 is 18.7 Å². The monoisotopic (exact) mass is 423 g/mol. The molecule has 31 heavy (non-hydrogen) atoms. The molecule has 0 saturated heterocycles. The van der Waals surface area contributed by atoms with Crippen LogP contribution in [0.3, 0.4) is 0 Å². The van der Waals surface area contributed by atoms with Crippen molar-refractivity contribution in [3.05, 3.63) is 65.6 Å². The summed E-state index contributed by atoms with van der Waals surface area (Å²) < 4.78 is 26.8. The third kappa shape index (κ3) is 5.05. The highest BCUT2D eigenvalue weighted by molar-refractivity contribution is 5.76. The molecule has 0 spiro atoms. The van der Waals surface area contributed by atoms with E-state index in [0.717, 1.165) is 17.8 Å². The van der Waals surface area contributed by atoms with Crippen LogP contribution in [0.1, 0.15) is 30.5 Å². The Hall–Kier alpha value is -3.35. The summed E-state index contributed by atoms with van der Waals surface area (Å²) in [6.07, 6.45) is 3.21. The minimum atomic E-state index is -0.326. The first-order valence-corrected chi connectivity index (χ1v) is 10.5. The first-order valence-electron chi connectivity index (χ1n) is 10.5. The van der Waals surface area contributed by atoms with E-state index >= 15 is 0 Å². The molecule has 1 saturated carbocycles. The summed E-state index contributed by atoms with van der Waals surface area (Å²) in [7, 11) is 1.58. The molecule has 1 aliphatic rings. The zero-order chi connectivity index (χ0) is 21.8. The van der Waals surface area contributed by atoms with Gasteiger partial charge in [0.2, 0.25) is 11.8 Å². The van der Waals surface area contributed by atoms with E-state index in [1.54, 1.807) is 23.9 Å². The molecule has 0 radical (unpaired) electrons. The minimum Gasteiger partial charge on any atom is -0.493 e. The van der Waals surface area contributed by atoms with E-state index in [1.807, 2.05) is 31.2 Å². The fourth-order valence-electron chi connectivity index (χ4n) is 3.40. The van der Waals surface area contributed by atoms with Crippen LogP contribution in [-0.4, -0.2) is 29.3 Å². The first-order chi connectivity index (χ1) is 15.0. The molecule has 1 heterocycles. The van der Waals surface area contributed by atoms with Gasteiger partial charge in [0, 0.05) is 18.5 Å². The molecule has 1 aromatic heterocycles. The highest BCUT2D eigenvalue weighted by Crippen LogP contribution is 2.36. The zero-order valence-electron chi connectivity index (χ0n) is 17.7. The van der Waals surface area contributed by atoms with Gasteiger partial charge in [-0.3, -0.25) is 4.79 Å². The van der Waals surface area contributed by atoms with E-state index in [1.165, 1.54) is 25.0 Å². The zero-order valence-corrected chi connectivity index (χ0v) is 17.7. The fraction of sp³-hybridized carbons (Fsp3) is 0.333. The lowest BCUT2D eigenvalue weighted by Crippen LogP contribution is -2.25. The van der Waals surface area contributed by atoms with E-state index < -0.39 is 0 Å². The van der Waals surface area contributed by atoms with Crippen molar-refractivity contribution in [1.82, 2.24) is 15.1 Å². The second kappa shape index (κ2) is 9.20. The van der Waals surface area contributed by atoms with E-state index in [2.05, 4.69) is 10.4 Å². The maximum Gasteiger partial charge on any atom is 0.226 e. The average Bonchev–Trinajstić information content (AvgIpc) is 3.56. The highest BCUT2D eigenvalue weighted by Gasteiger charge is 2.23. The predicted molar refractivity (Wildman–Crippen MR) is 115 cm³/mol. The molecular formula is C24H26FN3O3. The normalized spacial score (nSPS) is 13.1. The van der Waals surface area contributed by atoms with Crippen molar-refractivity contribution in [2.24, 2.45) is 5.92 Å². The van der Waals surface area contributed by atoms with Crippen LogP contribution < -0.4 is 14.8 Å². The van der Waals surface area contributed by atoms with Gasteiger partial charge in [0.05, 0.1) is 18.5 Å². The number of nitrogens with one attached hydrogen (secondary N) is 1. The Bertz CT molecular complexity index is 1060. The molecule has 1 fully saturated rings. The number of carbonyl (C=O) groups is 1. The Kier molecular flexibility index (Phi) is 6.21. The Morgan fingerprint density at radius 1 is 1.16 bits per heavy atom. The van der Waals surface area contributed by atoms with Gasteiger partial charge in [-0.2, -0.15) is 5.10 Å². The van der Waals surface area contributed by atoms with E-state index in [9.17, 15) is 9.18 Å². The number of aryl methyl sites for hydroxylation is 1. The van der Waals surface area contributed by atoms with Crippen LogP contribution in [0.15, 0.2) is 48.5 Å². The molecule has 0 unspecified atom stereocenters. The minimum absolute atomic E-state index is 0.0177. The van der Waals surface area contributed by atoms with Crippen molar-refractivity contribution in [2.45, 2.75) is 32.6 Å². The van der Waals surface area contributed by atoms with Crippen molar-refractivity contribution in [3.63, 3.8) is 0 Å². The van der Waals surface area contributed by atoms with Gasteiger partial charge < -0.3 is 14.8 Å². The molecular weight excluding hydrogens is 397 g/mol. The molecule has 7 heteroatoms. The number of hydrogen-bond donors (Lipinski definition) is 1. The summed E-state index contributed by atoms with van der Waals surface area (Å²) in [6, 6.07) is 13.4. The van der Waals surface area contributed by atoms with Gasteiger partial charge in [0.1, 0.15) is 5.82 Å². The maximum absolute atomic E-state index is 13.5. The van der Waals surface area contributed by atoms with Crippen LogP contribution in [0.5, 0.6) is 17.4 Å². The van der Waals surface area contributed by atoms with Crippen LogP contribution in [0.2, 0.25) is 0 Å². The van der Waals surface area contributed by atoms with Gasteiger partial charge in [-0.05, 0) is 68.5 Å². The van der Waals surface area contributed by atoms with Crippen molar-refractivity contribution in [3.8, 4) is 23.1 Å². The van der Waals surface area contributed by atoms with Crippen LogP contribution in [0.4, 0.5) is 4.39 Å². The Labute approximate surface area is 181 Å². The van der Waals surface area contributed by atoms with E-state index in [4.69, 9.17) is 9.47 Å². The number of aromatic nitrogens is 2. The number of ether oxygens (including phenoxy) is 2. The summed E-state index contributed by atoms with van der Waals surface area (Å²) in [5.41, 5.74) is 2.25. The molecule has 1 N–H and O–H groups in total. The molecule has 3 aromatic rings. The molecule has 0 bridgehead atoms. The number of halogens is 1. The largest absolute Gasteiger partial charge is 0.493 e. The molecule has 162 valence electrons. The fourth-order valence-corrected chi connectivity index (χ4v) is 3.40. The van der Waals surface area contributed by atoms with Gasteiger partial charge in [-0.1, -0.05) is 12.1 Å². The lowest BCUT2D eigenvalue weighted by atomic mass is 10.1. The standard InChI is InChI=1S/C24H26FN3O3/c1-16-20(13-14-23(29)26-15-17-7-8-17)24(31-22-6-4-3-5-21(22)30-2)28(27-16)19-11-9-18(25)10-12-19/h3-6,9-12,17H,7-8,13-15H2,1-2H3,(H,26,29). The van der Waals surface area contributed by atoms with E-state index in [-0.39, 0.29) is 11.7 Å². The van der Waals surface area contributed by atoms with Gasteiger partial charge >= 0.3 is 0 Å². The van der Waals surface area contributed by atoms with Crippen LogP contribution in [0.25, 0.3) is 5.69 Å². The second-order valence-electron chi connectivity index (χ2n) is 7.76. The predicted octanol–water partition coefficient (Wildman–Crippen LogP) is 4.58. The summed E-state index contributed by atoms with van der Waals surface area (Å²) in [4.78, 5) is 12.3. The number of rotatable bonds is 9. The Morgan fingerprint density at radius 3 is 2.55 bits per heavy atom. The van der Waals surface area contributed by atoms with Crippen molar-refractivity contribution in [2.75, 3.05) is 13.7 Å². The van der Waals surface area contributed by atoms with E-state index in [0.29, 0.717) is 41.8 Å². The smallest absolute Gasteiger partial charge is 0.226 e. The van der Waals surface area contributed by atoms with Gasteiger partial charge in [0.15, 0.2) is 11.5 Å². The Morgan fingerprint density at radius 2 is 1.87 bits per heavy atom. The number of benzene rings is 2. The topological polar surface area (TPSA) is 65.4 Å². The number of nitrogens with zero attached hydrogens (tertiary/aromatic N) is 2. The van der Waals surface area contributed by atoms with Crippen LogP contribution >= 0.6 is 0 Å². The molecule has 2 aromatic carbocycles. The van der Waals surface area contributed by atoms with Crippen LogP contribution in [0, 0.1) is 18.7 Å². The van der Waals surface area contributed by atoms with Gasteiger partial charge in [-0.15, -0.1) is 0 Å². The molecule has 1 amide bonds. The summed E-state index contributed by atoms with van der Waals surface area (Å²) >= 11 is 0. The number of amides is 1. The lowest BCUT2D eigenvalue weighted by molar-refractivity contribution is -0.121. The molecule has 1 aliphatic carbocycles. The second-order valence-corrected chi connectivity index (χ2v) is 7.76. The first kappa shape index (κ1) is 20.9. The highest BCUT2D eigenvalue weighted by atomic mass is 19.1. The maximum atomic E-state index is 13.5. The van der Waals surface area contributed by atoms with Crippen LogP contribution in [-0.2, 0) is 11.2 Å².